The van der Waals surface area contributed by atoms with Crippen molar-refractivity contribution in [1.29, 1.82) is 0 Å². The summed E-state index contributed by atoms with van der Waals surface area (Å²) in [5.41, 5.74) is 0.849. The molecule has 0 aliphatic heterocycles. The Morgan fingerprint density at radius 3 is 2.61 bits per heavy atom. The van der Waals surface area contributed by atoms with Gasteiger partial charge in [0.1, 0.15) is 0 Å². The zero-order valence-corrected chi connectivity index (χ0v) is 11.5. The van der Waals surface area contributed by atoms with Gasteiger partial charge in [-0.15, -0.1) is 11.3 Å². The van der Waals surface area contributed by atoms with Crippen LogP contribution >= 0.6 is 11.3 Å². The molecule has 1 heterocycles. The molecule has 0 aliphatic carbocycles. The molecule has 2 N–H and O–H groups in total. The minimum atomic E-state index is -0.943. The number of anilines is 1. The average molecular weight is 271 g/mol. The number of rotatable bonds is 6. The molecule has 0 atom stereocenters. The van der Waals surface area contributed by atoms with Gasteiger partial charge in [-0.05, 0) is 20.8 Å². The first-order valence-electron chi connectivity index (χ1n) is 5.56. The molecule has 0 fully saturated rings. The number of aliphatic carboxylic acids is 1. The van der Waals surface area contributed by atoms with Crippen LogP contribution in [0.5, 0.6) is 0 Å². The maximum atomic E-state index is 11.7. The van der Waals surface area contributed by atoms with Gasteiger partial charge in [-0.1, -0.05) is 0 Å². The summed E-state index contributed by atoms with van der Waals surface area (Å²) in [5.74, 6) is -1.19. The second kappa shape index (κ2) is 6.46. The molecule has 1 amide bonds. The van der Waals surface area contributed by atoms with Crippen LogP contribution in [0.3, 0.4) is 0 Å². The van der Waals surface area contributed by atoms with E-state index in [0.29, 0.717) is 5.13 Å². The maximum Gasteiger partial charge on any atom is 0.317 e. The quantitative estimate of drug-likeness (QED) is 0.812. The summed E-state index contributed by atoms with van der Waals surface area (Å²) in [4.78, 5) is 28.1. The molecule has 18 heavy (non-hydrogen) atoms. The van der Waals surface area contributed by atoms with Crippen LogP contribution in [0.25, 0.3) is 0 Å². The highest BCUT2D eigenvalue weighted by atomic mass is 32.1. The van der Waals surface area contributed by atoms with Gasteiger partial charge in [0.2, 0.25) is 5.91 Å². The SMILES string of the molecule is Cc1csc(NC(=O)CN(CC(=O)O)C(C)C)n1. The number of carbonyl (C=O) groups is 2. The number of nitrogens with one attached hydrogen (secondary N) is 1. The summed E-state index contributed by atoms with van der Waals surface area (Å²) in [6.07, 6.45) is 0. The van der Waals surface area contributed by atoms with Crippen molar-refractivity contribution in [2.45, 2.75) is 26.8 Å². The Hall–Kier alpha value is -1.47. The number of aromatic nitrogens is 1. The van der Waals surface area contributed by atoms with Crippen molar-refractivity contribution < 1.29 is 14.7 Å². The molecular weight excluding hydrogens is 254 g/mol. The van der Waals surface area contributed by atoms with E-state index in [0.717, 1.165) is 5.69 Å². The molecule has 0 aromatic carbocycles. The number of carbonyl (C=O) groups excluding carboxylic acids is 1. The second-order valence-corrected chi connectivity index (χ2v) is 5.09. The lowest BCUT2D eigenvalue weighted by Crippen LogP contribution is -2.41. The van der Waals surface area contributed by atoms with E-state index in [4.69, 9.17) is 5.11 Å². The molecule has 6 nitrogen and oxygen atoms in total. The molecule has 7 heteroatoms. The number of hydrogen-bond acceptors (Lipinski definition) is 5. The molecule has 1 aromatic heterocycles. The van der Waals surface area contributed by atoms with E-state index < -0.39 is 5.97 Å². The fourth-order valence-electron chi connectivity index (χ4n) is 1.35. The van der Waals surface area contributed by atoms with Crippen LogP contribution in [-0.2, 0) is 9.59 Å². The molecule has 100 valence electrons. The Labute approximate surface area is 110 Å². The summed E-state index contributed by atoms with van der Waals surface area (Å²) in [7, 11) is 0. The molecule has 0 radical (unpaired) electrons. The Balaban J connectivity index is 2.53. The van der Waals surface area contributed by atoms with Crippen molar-refractivity contribution in [2.24, 2.45) is 0 Å². The lowest BCUT2D eigenvalue weighted by atomic mass is 10.3. The van der Waals surface area contributed by atoms with Gasteiger partial charge in [-0.25, -0.2) is 4.98 Å². The third kappa shape index (κ3) is 4.80. The molecule has 0 saturated heterocycles. The highest BCUT2D eigenvalue weighted by Crippen LogP contribution is 2.14. The van der Waals surface area contributed by atoms with Gasteiger partial charge < -0.3 is 10.4 Å². The fourth-order valence-corrected chi connectivity index (χ4v) is 2.05. The highest BCUT2D eigenvalue weighted by molar-refractivity contribution is 7.13. The van der Waals surface area contributed by atoms with Crippen molar-refractivity contribution >= 4 is 28.3 Å². The monoisotopic (exact) mass is 271 g/mol. The van der Waals surface area contributed by atoms with Gasteiger partial charge >= 0.3 is 5.97 Å². The summed E-state index contributed by atoms with van der Waals surface area (Å²) in [6, 6.07) is -0.00937. The van der Waals surface area contributed by atoms with Crippen molar-refractivity contribution in [3.8, 4) is 0 Å². The van der Waals surface area contributed by atoms with Crippen LogP contribution in [0.4, 0.5) is 5.13 Å². The van der Waals surface area contributed by atoms with Crippen LogP contribution in [0.2, 0.25) is 0 Å². The molecule has 0 saturated carbocycles. The maximum absolute atomic E-state index is 11.7. The van der Waals surface area contributed by atoms with E-state index in [1.165, 1.54) is 11.3 Å². The van der Waals surface area contributed by atoms with E-state index in [1.54, 1.807) is 4.90 Å². The second-order valence-electron chi connectivity index (χ2n) is 4.23. The van der Waals surface area contributed by atoms with Gasteiger partial charge in [-0.2, -0.15) is 0 Å². The molecule has 1 rings (SSSR count). The Morgan fingerprint density at radius 1 is 1.50 bits per heavy atom. The topological polar surface area (TPSA) is 82.5 Å². The first-order valence-corrected chi connectivity index (χ1v) is 6.44. The summed E-state index contributed by atoms with van der Waals surface area (Å²) < 4.78 is 0. The van der Waals surface area contributed by atoms with Crippen LogP contribution in [-0.4, -0.2) is 46.0 Å². The van der Waals surface area contributed by atoms with Crippen LogP contribution in [0.15, 0.2) is 5.38 Å². The third-order valence-corrected chi connectivity index (χ3v) is 3.16. The van der Waals surface area contributed by atoms with E-state index >= 15 is 0 Å². The van der Waals surface area contributed by atoms with Crippen LogP contribution in [0.1, 0.15) is 19.5 Å². The van der Waals surface area contributed by atoms with E-state index in [-0.39, 0.29) is 25.0 Å². The fraction of sp³-hybridized carbons (Fsp3) is 0.545. The Bertz CT molecular complexity index is 431. The number of carboxylic acid groups (broad SMARTS) is 1. The van der Waals surface area contributed by atoms with E-state index in [9.17, 15) is 9.59 Å². The van der Waals surface area contributed by atoms with Crippen LogP contribution in [0, 0.1) is 6.92 Å². The Kier molecular flexibility index (Phi) is 5.24. The van der Waals surface area contributed by atoms with Crippen LogP contribution < -0.4 is 5.32 Å². The van der Waals surface area contributed by atoms with E-state index in [2.05, 4.69) is 10.3 Å². The largest absolute Gasteiger partial charge is 0.480 e. The number of thiazole rings is 1. The minimum absolute atomic E-state index is 0.00937. The highest BCUT2D eigenvalue weighted by Gasteiger charge is 2.17. The van der Waals surface area contributed by atoms with Gasteiger partial charge in [-0.3, -0.25) is 14.5 Å². The predicted molar refractivity (Wildman–Crippen MR) is 69.8 cm³/mol. The first kappa shape index (κ1) is 14.6. The number of amides is 1. The number of hydrogen-bond donors (Lipinski definition) is 2. The molecular formula is C11H17N3O3S. The van der Waals surface area contributed by atoms with Gasteiger partial charge in [0.25, 0.3) is 0 Å². The summed E-state index contributed by atoms with van der Waals surface area (Å²) in [5, 5.41) is 13.8. The first-order chi connectivity index (χ1) is 8.38. The molecule has 0 aliphatic rings. The van der Waals surface area contributed by atoms with Crippen molar-refractivity contribution in [3.63, 3.8) is 0 Å². The lowest BCUT2D eigenvalue weighted by molar-refractivity contribution is -0.139. The standard InChI is InChI=1S/C11H17N3O3S/c1-7(2)14(5-10(16)17)4-9(15)13-11-12-8(3)6-18-11/h6-7H,4-5H2,1-3H3,(H,16,17)(H,12,13,15). The molecule has 1 aromatic rings. The predicted octanol–water partition coefficient (Wildman–Crippen LogP) is 1.19. The van der Waals surface area contributed by atoms with Gasteiger partial charge in [0.15, 0.2) is 5.13 Å². The normalized spacial score (nSPS) is 10.9. The molecule has 0 spiro atoms. The molecule has 0 unspecified atom stereocenters. The van der Waals surface area contributed by atoms with Crippen molar-refractivity contribution in [2.75, 3.05) is 18.4 Å². The van der Waals surface area contributed by atoms with Gasteiger partial charge in [0, 0.05) is 11.4 Å². The molecule has 0 bridgehead atoms. The number of nitrogens with zero attached hydrogens (tertiary/aromatic N) is 2. The number of carboxylic acids is 1. The zero-order chi connectivity index (χ0) is 13.7. The number of aryl methyl sites for hydroxylation is 1. The average Bonchev–Trinajstić information content (AvgIpc) is 2.62. The van der Waals surface area contributed by atoms with Crippen molar-refractivity contribution in [1.82, 2.24) is 9.88 Å². The summed E-state index contributed by atoms with van der Waals surface area (Å²) in [6.45, 7) is 5.44. The summed E-state index contributed by atoms with van der Waals surface area (Å²) >= 11 is 1.35. The van der Waals surface area contributed by atoms with Gasteiger partial charge in [0.05, 0.1) is 18.8 Å². The Morgan fingerprint density at radius 2 is 2.17 bits per heavy atom. The zero-order valence-electron chi connectivity index (χ0n) is 10.6. The van der Waals surface area contributed by atoms with Crippen molar-refractivity contribution in [3.05, 3.63) is 11.1 Å². The smallest absolute Gasteiger partial charge is 0.317 e. The van der Waals surface area contributed by atoms with E-state index in [1.807, 2.05) is 26.2 Å². The lowest BCUT2D eigenvalue weighted by Gasteiger charge is -2.23. The minimum Gasteiger partial charge on any atom is -0.480 e. The third-order valence-electron chi connectivity index (χ3n) is 2.28.